The van der Waals surface area contributed by atoms with E-state index < -0.39 is 0 Å². The predicted octanol–water partition coefficient (Wildman–Crippen LogP) is 2.63. The fourth-order valence-electron chi connectivity index (χ4n) is 1.66. The summed E-state index contributed by atoms with van der Waals surface area (Å²) in [6.07, 6.45) is 5.16. The van der Waals surface area contributed by atoms with E-state index in [1.165, 1.54) is 17.5 Å². The van der Waals surface area contributed by atoms with E-state index in [4.69, 9.17) is 0 Å². The van der Waals surface area contributed by atoms with E-state index in [0.29, 0.717) is 16.4 Å². The van der Waals surface area contributed by atoms with Gasteiger partial charge < -0.3 is 5.32 Å². The third-order valence-electron chi connectivity index (χ3n) is 3.23. The Morgan fingerprint density at radius 1 is 1.59 bits per heavy atom. The second kappa shape index (κ2) is 4.80. The lowest BCUT2D eigenvalue weighted by molar-refractivity contribution is 0.564. The summed E-state index contributed by atoms with van der Waals surface area (Å²) in [4.78, 5) is 11.9. The molecule has 0 aliphatic heterocycles. The largest absolute Gasteiger partial charge is 0.382 e. The minimum absolute atomic E-state index is 0.0576. The molecule has 0 unspecified atom stereocenters. The second-order valence-corrected chi connectivity index (χ2v) is 5.86. The molecule has 1 saturated carbocycles. The van der Waals surface area contributed by atoms with Gasteiger partial charge in [0.05, 0.1) is 11.9 Å². The Morgan fingerprint density at radius 2 is 2.29 bits per heavy atom. The van der Waals surface area contributed by atoms with Crippen LogP contribution < -0.4 is 10.9 Å². The molecule has 0 aromatic carbocycles. The molecular formula is C12H18BrN3O. The lowest BCUT2D eigenvalue weighted by Gasteiger charge is -2.13. The van der Waals surface area contributed by atoms with Crippen LogP contribution in [-0.2, 0) is 6.54 Å². The molecule has 0 atom stereocenters. The molecular weight excluding hydrogens is 282 g/mol. The van der Waals surface area contributed by atoms with E-state index in [9.17, 15) is 4.79 Å². The summed E-state index contributed by atoms with van der Waals surface area (Å²) in [5, 5.41) is 7.46. The molecule has 0 amide bonds. The Hall–Kier alpha value is -0.840. The zero-order valence-electron chi connectivity index (χ0n) is 10.3. The first-order valence-corrected chi connectivity index (χ1v) is 6.84. The van der Waals surface area contributed by atoms with Gasteiger partial charge in [0.15, 0.2) is 0 Å². The Morgan fingerprint density at radius 3 is 2.88 bits per heavy atom. The number of nitrogens with one attached hydrogen (secondary N) is 1. The van der Waals surface area contributed by atoms with E-state index in [0.717, 1.165) is 18.7 Å². The van der Waals surface area contributed by atoms with Crippen molar-refractivity contribution in [1.82, 2.24) is 9.78 Å². The highest BCUT2D eigenvalue weighted by molar-refractivity contribution is 9.10. The number of aryl methyl sites for hydroxylation is 1. The molecule has 1 heterocycles. The molecule has 1 aromatic rings. The fraction of sp³-hybridized carbons (Fsp3) is 0.667. The number of hydrogen-bond acceptors (Lipinski definition) is 3. The van der Waals surface area contributed by atoms with Crippen molar-refractivity contribution in [2.75, 3.05) is 11.9 Å². The summed E-state index contributed by atoms with van der Waals surface area (Å²) in [6.45, 7) is 5.85. The van der Waals surface area contributed by atoms with E-state index in [1.807, 2.05) is 6.92 Å². The lowest BCUT2D eigenvalue weighted by Crippen LogP contribution is -2.25. The Balaban J connectivity index is 2.12. The fourth-order valence-corrected chi connectivity index (χ4v) is 2.11. The van der Waals surface area contributed by atoms with Gasteiger partial charge in [-0.25, -0.2) is 4.68 Å². The van der Waals surface area contributed by atoms with E-state index in [2.05, 4.69) is 33.3 Å². The minimum Gasteiger partial charge on any atom is -0.382 e. The van der Waals surface area contributed by atoms with Gasteiger partial charge in [-0.1, -0.05) is 13.8 Å². The lowest BCUT2D eigenvalue weighted by atomic mass is 10.1. The molecule has 5 heteroatoms. The molecule has 1 N–H and O–H groups in total. The van der Waals surface area contributed by atoms with Gasteiger partial charge in [0.1, 0.15) is 4.47 Å². The maximum absolute atomic E-state index is 11.9. The van der Waals surface area contributed by atoms with Crippen LogP contribution in [0, 0.1) is 5.41 Å². The molecule has 1 aliphatic carbocycles. The quantitative estimate of drug-likeness (QED) is 0.909. The molecule has 4 nitrogen and oxygen atoms in total. The molecule has 1 aromatic heterocycles. The molecule has 0 bridgehead atoms. The molecule has 0 radical (unpaired) electrons. The van der Waals surface area contributed by atoms with Crippen LogP contribution in [0.1, 0.15) is 33.1 Å². The zero-order valence-corrected chi connectivity index (χ0v) is 11.9. The summed E-state index contributed by atoms with van der Waals surface area (Å²) in [7, 11) is 0. The average Bonchev–Trinajstić information content (AvgIpc) is 3.03. The highest BCUT2D eigenvalue weighted by atomic mass is 79.9. The monoisotopic (exact) mass is 299 g/mol. The van der Waals surface area contributed by atoms with Crippen molar-refractivity contribution in [3.63, 3.8) is 0 Å². The number of aromatic nitrogens is 2. The average molecular weight is 300 g/mol. The first-order chi connectivity index (χ1) is 8.06. The van der Waals surface area contributed by atoms with Gasteiger partial charge in [-0.05, 0) is 40.6 Å². The number of anilines is 1. The van der Waals surface area contributed by atoms with Gasteiger partial charge in [-0.2, -0.15) is 5.10 Å². The van der Waals surface area contributed by atoms with Crippen LogP contribution >= 0.6 is 15.9 Å². The van der Waals surface area contributed by atoms with Crippen molar-refractivity contribution in [2.24, 2.45) is 5.41 Å². The SMILES string of the molecule is CCCn1ncc(NCC2(C)CC2)c(Br)c1=O. The predicted molar refractivity (Wildman–Crippen MR) is 72.3 cm³/mol. The van der Waals surface area contributed by atoms with E-state index in [1.54, 1.807) is 6.20 Å². The molecule has 1 aliphatic rings. The smallest absolute Gasteiger partial charge is 0.283 e. The Kier molecular flexibility index (Phi) is 3.56. The van der Waals surface area contributed by atoms with Crippen molar-refractivity contribution in [1.29, 1.82) is 0 Å². The Bertz CT molecular complexity index is 465. The van der Waals surface area contributed by atoms with Gasteiger partial charge in [0, 0.05) is 13.1 Å². The van der Waals surface area contributed by atoms with Gasteiger partial charge >= 0.3 is 0 Å². The molecule has 0 saturated heterocycles. The van der Waals surface area contributed by atoms with Crippen molar-refractivity contribution in [2.45, 2.75) is 39.7 Å². The zero-order chi connectivity index (χ0) is 12.5. The van der Waals surface area contributed by atoms with Gasteiger partial charge in [0.2, 0.25) is 0 Å². The maximum Gasteiger partial charge on any atom is 0.283 e. The first-order valence-electron chi connectivity index (χ1n) is 6.05. The number of halogens is 1. The van der Waals surface area contributed by atoms with Crippen LogP contribution in [0.25, 0.3) is 0 Å². The first kappa shape index (κ1) is 12.6. The van der Waals surface area contributed by atoms with Crippen molar-refractivity contribution in [3.8, 4) is 0 Å². The van der Waals surface area contributed by atoms with Crippen molar-refractivity contribution >= 4 is 21.6 Å². The number of rotatable bonds is 5. The normalized spacial score (nSPS) is 16.9. The number of hydrogen-bond donors (Lipinski definition) is 1. The Labute approximate surface area is 110 Å². The highest BCUT2D eigenvalue weighted by Gasteiger charge is 2.36. The van der Waals surface area contributed by atoms with Crippen LogP contribution in [0.2, 0.25) is 0 Å². The maximum atomic E-state index is 11.9. The van der Waals surface area contributed by atoms with E-state index >= 15 is 0 Å². The molecule has 94 valence electrons. The molecule has 17 heavy (non-hydrogen) atoms. The van der Waals surface area contributed by atoms with Crippen LogP contribution in [-0.4, -0.2) is 16.3 Å². The van der Waals surface area contributed by atoms with E-state index in [-0.39, 0.29) is 5.56 Å². The summed E-state index contributed by atoms with van der Waals surface area (Å²) in [6, 6.07) is 0. The topological polar surface area (TPSA) is 46.9 Å². The molecule has 2 rings (SSSR count). The summed E-state index contributed by atoms with van der Waals surface area (Å²) >= 11 is 3.35. The third-order valence-corrected chi connectivity index (χ3v) is 4.00. The van der Waals surface area contributed by atoms with Crippen molar-refractivity contribution in [3.05, 3.63) is 21.0 Å². The summed E-state index contributed by atoms with van der Waals surface area (Å²) in [5.41, 5.74) is 1.16. The van der Waals surface area contributed by atoms with Gasteiger partial charge in [0.25, 0.3) is 5.56 Å². The van der Waals surface area contributed by atoms with Crippen molar-refractivity contribution < 1.29 is 0 Å². The van der Waals surface area contributed by atoms with Crippen LogP contribution in [0.15, 0.2) is 15.5 Å². The summed E-state index contributed by atoms with van der Waals surface area (Å²) < 4.78 is 2.08. The molecule has 1 fully saturated rings. The van der Waals surface area contributed by atoms with Crippen LogP contribution in [0.3, 0.4) is 0 Å². The van der Waals surface area contributed by atoms with Crippen LogP contribution in [0.5, 0.6) is 0 Å². The highest BCUT2D eigenvalue weighted by Crippen LogP contribution is 2.44. The second-order valence-electron chi connectivity index (χ2n) is 5.06. The number of nitrogens with zero attached hydrogens (tertiary/aromatic N) is 2. The minimum atomic E-state index is -0.0576. The van der Waals surface area contributed by atoms with Gasteiger partial charge in [-0.15, -0.1) is 0 Å². The van der Waals surface area contributed by atoms with Gasteiger partial charge in [-0.3, -0.25) is 4.79 Å². The summed E-state index contributed by atoms with van der Waals surface area (Å²) in [5.74, 6) is 0. The third kappa shape index (κ3) is 2.89. The standard InChI is InChI=1S/C12H18BrN3O/c1-3-6-16-11(17)10(13)9(7-15-16)14-8-12(2)4-5-12/h7,14H,3-6,8H2,1-2H3. The van der Waals surface area contributed by atoms with Crippen LogP contribution in [0.4, 0.5) is 5.69 Å². The molecule has 0 spiro atoms.